The van der Waals surface area contributed by atoms with Crippen molar-refractivity contribution in [2.45, 2.75) is 50.8 Å². The van der Waals surface area contributed by atoms with Crippen LogP contribution in [0.25, 0.3) is 0 Å². The number of carbonyl (C=O) groups excluding carboxylic acids is 1. The van der Waals surface area contributed by atoms with Gasteiger partial charge in [0.25, 0.3) is 0 Å². The molecule has 2 atom stereocenters. The van der Waals surface area contributed by atoms with E-state index < -0.39 is 0 Å². The first kappa shape index (κ1) is 13.8. The molecule has 0 bridgehead atoms. The summed E-state index contributed by atoms with van der Waals surface area (Å²) in [5.41, 5.74) is 0. The van der Waals surface area contributed by atoms with Gasteiger partial charge in [-0.05, 0) is 25.5 Å². The molecule has 0 aromatic heterocycles. The van der Waals surface area contributed by atoms with Crippen LogP contribution in [-0.2, 0) is 9.53 Å². The van der Waals surface area contributed by atoms with E-state index in [2.05, 4.69) is 12.2 Å². The summed E-state index contributed by atoms with van der Waals surface area (Å²) in [6.07, 6.45) is 4.89. The highest BCUT2D eigenvalue weighted by Crippen LogP contribution is 2.28. The van der Waals surface area contributed by atoms with Crippen molar-refractivity contribution in [3.05, 3.63) is 0 Å². The van der Waals surface area contributed by atoms with Gasteiger partial charge in [-0.15, -0.1) is 0 Å². The monoisotopic (exact) mass is 245 g/mol. The van der Waals surface area contributed by atoms with Crippen molar-refractivity contribution < 1.29 is 9.53 Å². The highest BCUT2D eigenvalue weighted by Gasteiger charge is 2.26. The van der Waals surface area contributed by atoms with Crippen LogP contribution in [0, 0.1) is 0 Å². The molecule has 0 spiro atoms. The Balaban J connectivity index is 2.33. The van der Waals surface area contributed by atoms with E-state index in [1.165, 1.54) is 19.3 Å². The zero-order valence-corrected chi connectivity index (χ0v) is 11.1. The van der Waals surface area contributed by atoms with Crippen molar-refractivity contribution in [2.75, 3.05) is 19.0 Å². The minimum absolute atomic E-state index is 0.0375. The Bertz CT molecular complexity index is 209. The highest BCUT2D eigenvalue weighted by atomic mass is 32.2. The molecule has 0 aromatic rings. The van der Waals surface area contributed by atoms with Crippen LogP contribution >= 0.6 is 11.8 Å². The molecule has 0 saturated heterocycles. The van der Waals surface area contributed by atoms with Crippen LogP contribution in [0.15, 0.2) is 0 Å². The number of hydrogen-bond donors (Lipinski definition) is 1. The summed E-state index contributed by atoms with van der Waals surface area (Å²) in [7, 11) is 0. The maximum atomic E-state index is 11.6. The van der Waals surface area contributed by atoms with E-state index in [-0.39, 0.29) is 12.5 Å². The maximum Gasteiger partial charge on any atom is 0.246 e. The number of carbonyl (C=O) groups is 1. The van der Waals surface area contributed by atoms with Crippen LogP contribution in [0.5, 0.6) is 0 Å². The van der Waals surface area contributed by atoms with E-state index in [0.29, 0.717) is 17.9 Å². The van der Waals surface area contributed by atoms with Gasteiger partial charge >= 0.3 is 0 Å². The normalized spacial score (nSPS) is 25.4. The van der Waals surface area contributed by atoms with E-state index in [0.717, 1.165) is 12.2 Å². The number of thioether (sulfide) groups is 1. The predicted octanol–water partition coefficient (Wildman–Crippen LogP) is 2.20. The molecule has 2 unspecified atom stereocenters. The van der Waals surface area contributed by atoms with Crippen LogP contribution in [0.4, 0.5) is 0 Å². The lowest BCUT2D eigenvalue weighted by atomic mass is 9.95. The molecular formula is C12H23NO2S. The fourth-order valence-corrected chi connectivity index (χ4v) is 3.32. The molecule has 16 heavy (non-hydrogen) atoms. The van der Waals surface area contributed by atoms with Crippen LogP contribution in [-0.4, -0.2) is 36.2 Å². The molecule has 0 aliphatic heterocycles. The zero-order chi connectivity index (χ0) is 11.8. The van der Waals surface area contributed by atoms with Gasteiger partial charge < -0.3 is 10.1 Å². The van der Waals surface area contributed by atoms with Gasteiger partial charge in [-0.3, -0.25) is 4.79 Å². The van der Waals surface area contributed by atoms with Gasteiger partial charge in [0.15, 0.2) is 0 Å². The quantitative estimate of drug-likeness (QED) is 0.779. The Morgan fingerprint density at radius 3 is 2.81 bits per heavy atom. The first-order valence-electron chi connectivity index (χ1n) is 6.26. The summed E-state index contributed by atoms with van der Waals surface area (Å²) >= 11 is 1.97. The minimum Gasteiger partial charge on any atom is -0.372 e. The molecule has 0 aromatic carbocycles. The SMILES string of the molecule is CCOCC(=O)NC1CCCCC1SCC. The third kappa shape index (κ3) is 4.74. The van der Waals surface area contributed by atoms with Crippen LogP contribution < -0.4 is 5.32 Å². The molecule has 0 radical (unpaired) electrons. The summed E-state index contributed by atoms with van der Waals surface area (Å²) in [4.78, 5) is 11.6. The number of nitrogens with one attached hydrogen (secondary N) is 1. The Morgan fingerprint density at radius 1 is 1.38 bits per heavy atom. The highest BCUT2D eigenvalue weighted by molar-refractivity contribution is 7.99. The van der Waals surface area contributed by atoms with Crippen molar-refractivity contribution >= 4 is 17.7 Å². The van der Waals surface area contributed by atoms with Crippen LogP contribution in [0.2, 0.25) is 0 Å². The second kappa shape index (κ2) is 7.96. The molecule has 3 nitrogen and oxygen atoms in total. The molecule has 0 heterocycles. The summed E-state index contributed by atoms with van der Waals surface area (Å²) in [5, 5.41) is 3.71. The number of hydrogen-bond acceptors (Lipinski definition) is 3. The number of rotatable bonds is 6. The fourth-order valence-electron chi connectivity index (χ4n) is 2.12. The third-order valence-electron chi connectivity index (χ3n) is 2.87. The molecule has 1 aliphatic rings. The molecular weight excluding hydrogens is 222 g/mol. The average molecular weight is 245 g/mol. The average Bonchev–Trinajstić information content (AvgIpc) is 2.29. The molecule has 1 saturated carbocycles. The van der Waals surface area contributed by atoms with E-state index in [9.17, 15) is 4.79 Å². The zero-order valence-electron chi connectivity index (χ0n) is 10.3. The first-order valence-corrected chi connectivity index (χ1v) is 7.31. The standard InChI is InChI=1S/C12H23NO2S/c1-3-15-9-12(14)13-10-7-5-6-8-11(10)16-4-2/h10-11H,3-9H2,1-2H3,(H,13,14). The van der Waals surface area contributed by atoms with E-state index >= 15 is 0 Å². The van der Waals surface area contributed by atoms with Gasteiger partial charge in [-0.2, -0.15) is 11.8 Å². The molecule has 1 amide bonds. The second-order valence-corrected chi connectivity index (χ2v) is 5.61. The largest absolute Gasteiger partial charge is 0.372 e. The molecule has 1 N–H and O–H groups in total. The van der Waals surface area contributed by atoms with Gasteiger partial charge in [0.05, 0.1) is 0 Å². The fraction of sp³-hybridized carbons (Fsp3) is 0.917. The number of amides is 1. The molecule has 4 heteroatoms. The van der Waals surface area contributed by atoms with Gasteiger partial charge in [0.2, 0.25) is 5.91 Å². The molecule has 94 valence electrons. The molecule has 1 rings (SSSR count). The summed E-state index contributed by atoms with van der Waals surface area (Å²) < 4.78 is 5.11. The number of ether oxygens (including phenoxy) is 1. The lowest BCUT2D eigenvalue weighted by Crippen LogP contribution is -2.45. The third-order valence-corrected chi connectivity index (χ3v) is 4.19. The van der Waals surface area contributed by atoms with Crippen molar-refractivity contribution in [3.8, 4) is 0 Å². The summed E-state index contributed by atoms with van der Waals surface area (Å²) in [6.45, 7) is 4.89. The van der Waals surface area contributed by atoms with Crippen molar-refractivity contribution in [3.63, 3.8) is 0 Å². The Kier molecular flexibility index (Phi) is 6.88. The van der Waals surface area contributed by atoms with Gasteiger partial charge in [-0.25, -0.2) is 0 Å². The maximum absolute atomic E-state index is 11.6. The Morgan fingerprint density at radius 2 is 2.12 bits per heavy atom. The van der Waals surface area contributed by atoms with Crippen LogP contribution in [0.3, 0.4) is 0 Å². The lowest BCUT2D eigenvalue weighted by Gasteiger charge is -2.31. The smallest absolute Gasteiger partial charge is 0.246 e. The van der Waals surface area contributed by atoms with E-state index in [4.69, 9.17) is 4.74 Å². The van der Waals surface area contributed by atoms with Gasteiger partial charge in [0, 0.05) is 17.9 Å². The van der Waals surface area contributed by atoms with E-state index in [1.807, 2.05) is 18.7 Å². The van der Waals surface area contributed by atoms with E-state index in [1.54, 1.807) is 0 Å². The van der Waals surface area contributed by atoms with Crippen molar-refractivity contribution in [1.82, 2.24) is 5.32 Å². The summed E-state index contributed by atoms with van der Waals surface area (Å²) in [6, 6.07) is 0.353. The van der Waals surface area contributed by atoms with Crippen molar-refractivity contribution in [1.29, 1.82) is 0 Å². The lowest BCUT2D eigenvalue weighted by molar-refractivity contribution is -0.126. The minimum atomic E-state index is 0.0375. The Hall–Kier alpha value is -0.220. The molecule has 1 fully saturated rings. The van der Waals surface area contributed by atoms with Gasteiger partial charge in [0.1, 0.15) is 6.61 Å². The predicted molar refractivity (Wildman–Crippen MR) is 68.8 cm³/mol. The van der Waals surface area contributed by atoms with Crippen LogP contribution in [0.1, 0.15) is 39.5 Å². The topological polar surface area (TPSA) is 38.3 Å². The first-order chi connectivity index (χ1) is 7.77. The van der Waals surface area contributed by atoms with Crippen molar-refractivity contribution in [2.24, 2.45) is 0 Å². The summed E-state index contributed by atoms with van der Waals surface area (Å²) in [5.74, 6) is 1.16. The van der Waals surface area contributed by atoms with Gasteiger partial charge in [-0.1, -0.05) is 19.8 Å². The Labute approximate surface area is 103 Å². The second-order valence-electron chi connectivity index (χ2n) is 4.09. The molecule has 1 aliphatic carbocycles.